The Labute approximate surface area is 78.8 Å². The zero-order valence-corrected chi connectivity index (χ0v) is 8.52. The minimum atomic E-state index is -0.812. The van der Waals surface area contributed by atoms with E-state index in [-0.39, 0.29) is 5.97 Å². The van der Waals surface area contributed by atoms with Crippen molar-refractivity contribution in [3.05, 3.63) is 0 Å². The minimum Gasteiger partial charge on any atom is -0.459 e. The molecular weight excluding hydrogens is 168 g/mol. The maximum absolute atomic E-state index is 11.6. The van der Waals surface area contributed by atoms with Crippen LogP contribution in [0.25, 0.3) is 0 Å². The van der Waals surface area contributed by atoms with E-state index in [1.165, 1.54) is 0 Å². The van der Waals surface area contributed by atoms with Crippen molar-refractivity contribution in [3.63, 3.8) is 0 Å². The molecule has 1 unspecified atom stereocenters. The number of esters is 1. The van der Waals surface area contributed by atoms with Gasteiger partial charge in [0, 0.05) is 6.54 Å². The third kappa shape index (κ3) is 2.67. The summed E-state index contributed by atoms with van der Waals surface area (Å²) in [4.78, 5) is 11.6. The predicted octanol–water partition coefficient (Wildman–Crippen LogP) is 0.0189. The molecule has 1 fully saturated rings. The molecular formula is C9H18N2O2. The van der Waals surface area contributed by atoms with Crippen molar-refractivity contribution in [2.24, 2.45) is 5.73 Å². The summed E-state index contributed by atoms with van der Waals surface area (Å²) in [6, 6.07) is 0. The maximum Gasteiger partial charge on any atom is 0.328 e. The first kappa shape index (κ1) is 10.5. The van der Waals surface area contributed by atoms with Gasteiger partial charge < -0.3 is 15.8 Å². The maximum atomic E-state index is 11.6. The fourth-order valence-corrected chi connectivity index (χ4v) is 1.27. The quantitative estimate of drug-likeness (QED) is 0.567. The van der Waals surface area contributed by atoms with Crippen LogP contribution in [0.4, 0.5) is 0 Å². The molecule has 1 saturated heterocycles. The number of carbonyl (C=O) groups is 1. The fourth-order valence-electron chi connectivity index (χ4n) is 1.27. The number of nitrogens with one attached hydrogen (secondary N) is 1. The van der Waals surface area contributed by atoms with Gasteiger partial charge in [-0.2, -0.15) is 0 Å². The van der Waals surface area contributed by atoms with Gasteiger partial charge in [-0.05, 0) is 33.7 Å². The number of carbonyl (C=O) groups excluding carboxylic acids is 1. The van der Waals surface area contributed by atoms with Crippen LogP contribution in [-0.2, 0) is 9.53 Å². The average molecular weight is 186 g/mol. The molecule has 1 aliphatic rings. The highest BCUT2D eigenvalue weighted by Gasteiger charge is 2.40. The molecule has 76 valence electrons. The summed E-state index contributed by atoms with van der Waals surface area (Å²) < 4.78 is 5.22. The molecule has 0 spiro atoms. The lowest BCUT2D eigenvalue weighted by Crippen LogP contribution is -2.52. The molecule has 0 aromatic heterocycles. The van der Waals surface area contributed by atoms with Crippen molar-refractivity contribution in [1.82, 2.24) is 5.32 Å². The molecule has 0 amide bonds. The molecule has 1 aliphatic heterocycles. The van der Waals surface area contributed by atoms with Crippen molar-refractivity contribution in [3.8, 4) is 0 Å². The van der Waals surface area contributed by atoms with E-state index in [9.17, 15) is 4.79 Å². The van der Waals surface area contributed by atoms with E-state index in [0.717, 1.165) is 6.54 Å². The van der Waals surface area contributed by atoms with Crippen LogP contribution in [0.2, 0.25) is 0 Å². The molecule has 0 bridgehead atoms. The SMILES string of the molecule is CC(C)(C)OC(=O)C1(N)CCNC1. The van der Waals surface area contributed by atoms with E-state index in [4.69, 9.17) is 10.5 Å². The average Bonchev–Trinajstić information content (AvgIpc) is 2.33. The predicted molar refractivity (Wildman–Crippen MR) is 50.3 cm³/mol. The highest BCUT2D eigenvalue weighted by atomic mass is 16.6. The topological polar surface area (TPSA) is 64.3 Å². The Kier molecular flexibility index (Phi) is 2.63. The zero-order valence-electron chi connectivity index (χ0n) is 8.52. The van der Waals surface area contributed by atoms with E-state index in [2.05, 4.69) is 5.32 Å². The van der Waals surface area contributed by atoms with Gasteiger partial charge in [-0.3, -0.25) is 0 Å². The Hall–Kier alpha value is -0.610. The van der Waals surface area contributed by atoms with Gasteiger partial charge in [-0.15, -0.1) is 0 Å². The fraction of sp³-hybridized carbons (Fsp3) is 0.889. The summed E-state index contributed by atoms with van der Waals surface area (Å²) in [6.45, 7) is 6.83. The third-order valence-electron chi connectivity index (χ3n) is 1.99. The molecule has 0 saturated carbocycles. The van der Waals surface area contributed by atoms with Crippen LogP contribution in [0.15, 0.2) is 0 Å². The second-order valence-electron chi connectivity index (χ2n) is 4.58. The Balaban J connectivity index is 2.57. The Morgan fingerprint density at radius 1 is 1.54 bits per heavy atom. The number of hydrogen-bond acceptors (Lipinski definition) is 4. The summed E-state index contributed by atoms with van der Waals surface area (Å²) in [7, 11) is 0. The third-order valence-corrected chi connectivity index (χ3v) is 1.99. The molecule has 4 heteroatoms. The van der Waals surface area contributed by atoms with E-state index < -0.39 is 11.1 Å². The van der Waals surface area contributed by atoms with Gasteiger partial charge in [-0.25, -0.2) is 4.79 Å². The zero-order chi connectivity index (χ0) is 10.1. The molecule has 0 aliphatic carbocycles. The Morgan fingerprint density at radius 3 is 2.54 bits per heavy atom. The molecule has 1 atom stereocenters. The van der Waals surface area contributed by atoms with Crippen LogP contribution >= 0.6 is 0 Å². The first-order valence-corrected chi connectivity index (χ1v) is 4.57. The van der Waals surface area contributed by atoms with E-state index in [1.54, 1.807) is 0 Å². The lowest BCUT2D eigenvalue weighted by molar-refractivity contribution is -0.160. The molecule has 4 nitrogen and oxygen atoms in total. The molecule has 13 heavy (non-hydrogen) atoms. The van der Waals surface area contributed by atoms with Crippen LogP contribution in [0.5, 0.6) is 0 Å². The summed E-state index contributed by atoms with van der Waals surface area (Å²) in [5.41, 5.74) is 4.61. The van der Waals surface area contributed by atoms with Crippen molar-refractivity contribution in [2.75, 3.05) is 13.1 Å². The van der Waals surface area contributed by atoms with Crippen molar-refractivity contribution >= 4 is 5.97 Å². The minimum absolute atomic E-state index is 0.301. The first-order valence-electron chi connectivity index (χ1n) is 4.57. The van der Waals surface area contributed by atoms with Crippen LogP contribution in [0, 0.1) is 0 Å². The van der Waals surface area contributed by atoms with Crippen molar-refractivity contribution in [2.45, 2.75) is 38.3 Å². The van der Waals surface area contributed by atoms with Crippen LogP contribution in [0.1, 0.15) is 27.2 Å². The summed E-state index contributed by atoms with van der Waals surface area (Å²) in [5.74, 6) is -0.301. The normalized spacial score (nSPS) is 28.9. The summed E-state index contributed by atoms with van der Waals surface area (Å²) >= 11 is 0. The Morgan fingerprint density at radius 2 is 2.15 bits per heavy atom. The van der Waals surface area contributed by atoms with Gasteiger partial charge in [0.05, 0.1) is 0 Å². The summed E-state index contributed by atoms with van der Waals surface area (Å²) in [6.07, 6.45) is 0.655. The van der Waals surface area contributed by atoms with Crippen molar-refractivity contribution < 1.29 is 9.53 Å². The lowest BCUT2D eigenvalue weighted by Gasteiger charge is -2.27. The van der Waals surface area contributed by atoms with E-state index in [1.807, 2.05) is 20.8 Å². The van der Waals surface area contributed by atoms with E-state index in [0.29, 0.717) is 13.0 Å². The van der Waals surface area contributed by atoms with Gasteiger partial charge in [0.1, 0.15) is 11.1 Å². The highest BCUT2D eigenvalue weighted by molar-refractivity contribution is 5.81. The van der Waals surface area contributed by atoms with Crippen LogP contribution < -0.4 is 11.1 Å². The van der Waals surface area contributed by atoms with Gasteiger partial charge >= 0.3 is 5.97 Å². The van der Waals surface area contributed by atoms with Gasteiger partial charge in [0.2, 0.25) is 0 Å². The van der Waals surface area contributed by atoms with Gasteiger partial charge in [0.25, 0.3) is 0 Å². The highest BCUT2D eigenvalue weighted by Crippen LogP contribution is 2.17. The number of rotatable bonds is 1. The molecule has 0 aromatic rings. The molecule has 0 aromatic carbocycles. The van der Waals surface area contributed by atoms with Gasteiger partial charge in [-0.1, -0.05) is 0 Å². The first-order chi connectivity index (χ1) is 5.83. The van der Waals surface area contributed by atoms with Crippen LogP contribution in [0.3, 0.4) is 0 Å². The molecule has 0 radical (unpaired) electrons. The second-order valence-corrected chi connectivity index (χ2v) is 4.58. The number of nitrogens with two attached hydrogens (primary N) is 1. The second kappa shape index (κ2) is 3.27. The largest absolute Gasteiger partial charge is 0.459 e. The molecule has 1 heterocycles. The summed E-state index contributed by atoms with van der Waals surface area (Å²) in [5, 5.41) is 3.05. The number of hydrogen-bond donors (Lipinski definition) is 2. The molecule has 1 rings (SSSR count). The van der Waals surface area contributed by atoms with Crippen molar-refractivity contribution in [1.29, 1.82) is 0 Å². The van der Waals surface area contributed by atoms with Crippen LogP contribution in [-0.4, -0.2) is 30.2 Å². The smallest absolute Gasteiger partial charge is 0.328 e. The number of ether oxygens (including phenoxy) is 1. The van der Waals surface area contributed by atoms with E-state index >= 15 is 0 Å². The Bertz CT molecular complexity index is 202. The lowest BCUT2D eigenvalue weighted by atomic mass is 10.0. The standard InChI is InChI=1S/C9H18N2O2/c1-8(2,3)13-7(12)9(10)4-5-11-6-9/h11H,4-6,10H2,1-3H3. The van der Waals surface area contributed by atoms with Gasteiger partial charge in [0.15, 0.2) is 0 Å². The molecule has 3 N–H and O–H groups in total. The monoisotopic (exact) mass is 186 g/mol.